The summed E-state index contributed by atoms with van der Waals surface area (Å²) in [5.74, 6) is -0.358. The highest BCUT2D eigenvalue weighted by atomic mass is 31.2. The SMILES string of the molecule is CCCCCCCCCCCCCCC/C=C\CCC(=O)OC(COCCCCCCCCCCCCCCCC)COP(=O)(O)OCC[N+](C)(C)C. The molecule has 0 saturated carbocycles. The van der Waals surface area contributed by atoms with Crippen molar-refractivity contribution in [2.45, 2.75) is 213 Å². The maximum atomic E-state index is 12.7. The minimum atomic E-state index is -4.28. The van der Waals surface area contributed by atoms with Crippen LogP contribution >= 0.6 is 7.82 Å². The van der Waals surface area contributed by atoms with E-state index in [4.69, 9.17) is 18.5 Å². The number of hydrogen-bond donors (Lipinski definition) is 1. The van der Waals surface area contributed by atoms with E-state index in [9.17, 15) is 14.3 Å². The molecule has 0 saturated heterocycles. The number of hydrogen-bond acceptors (Lipinski definition) is 6. The largest absolute Gasteiger partial charge is 0.472 e. The Morgan fingerprint density at radius 1 is 0.566 bits per heavy atom. The van der Waals surface area contributed by atoms with E-state index in [1.165, 1.54) is 161 Å². The van der Waals surface area contributed by atoms with Gasteiger partial charge in [-0.2, -0.15) is 0 Å². The molecule has 0 bridgehead atoms. The molecule has 9 heteroatoms. The number of rotatable bonds is 42. The molecule has 0 rings (SSSR count). The van der Waals surface area contributed by atoms with E-state index in [0.717, 1.165) is 19.3 Å². The number of carbonyl (C=O) groups excluding carboxylic acids is 1. The van der Waals surface area contributed by atoms with Gasteiger partial charge in [-0.15, -0.1) is 0 Å². The predicted octanol–water partition coefficient (Wildman–Crippen LogP) is 13.1. The predicted molar refractivity (Wildman–Crippen MR) is 224 cm³/mol. The number of esters is 1. The Morgan fingerprint density at radius 3 is 1.43 bits per heavy atom. The standard InChI is InChI=1S/C44H88NO7P/c1-6-8-10-12-14-16-18-20-22-23-24-25-27-29-31-33-35-37-44(46)52-43(42-51-53(47,48)50-40-38-45(3,4)5)41-49-39-36-34-32-30-28-26-21-19-17-15-13-11-9-7-2/h31,33,43H,6-30,32,34-42H2,1-5H3/p+1/b33-31-. The number of likely N-dealkylation sites (N-methyl/N-ethyl adjacent to an activating group) is 1. The number of phosphoric ester groups is 1. The first-order valence-corrected chi connectivity index (χ1v) is 23.9. The van der Waals surface area contributed by atoms with E-state index in [-0.39, 0.29) is 32.2 Å². The molecule has 0 aliphatic rings. The van der Waals surface area contributed by atoms with E-state index in [1.807, 2.05) is 21.1 Å². The van der Waals surface area contributed by atoms with Crippen LogP contribution in [0.15, 0.2) is 12.2 Å². The smallest absolute Gasteiger partial charge is 0.457 e. The highest BCUT2D eigenvalue weighted by molar-refractivity contribution is 7.47. The fraction of sp³-hybridized carbons (Fsp3) is 0.932. The van der Waals surface area contributed by atoms with Crippen molar-refractivity contribution in [3.05, 3.63) is 12.2 Å². The molecule has 0 aliphatic carbocycles. The number of carbonyl (C=O) groups is 1. The average Bonchev–Trinajstić information content (AvgIpc) is 3.11. The zero-order valence-electron chi connectivity index (χ0n) is 35.8. The molecule has 2 atom stereocenters. The second-order valence-electron chi connectivity index (χ2n) is 16.4. The van der Waals surface area contributed by atoms with Crippen molar-refractivity contribution in [2.24, 2.45) is 0 Å². The van der Waals surface area contributed by atoms with Gasteiger partial charge in [-0.05, 0) is 25.7 Å². The Hall–Kier alpha value is -0.760. The molecule has 0 radical (unpaired) electrons. The van der Waals surface area contributed by atoms with Crippen molar-refractivity contribution in [3.8, 4) is 0 Å². The van der Waals surface area contributed by atoms with Crippen LogP contribution in [0, 0.1) is 0 Å². The second kappa shape index (κ2) is 38.1. The number of phosphoric acid groups is 1. The van der Waals surface area contributed by atoms with Gasteiger partial charge in [0.05, 0.1) is 34.4 Å². The van der Waals surface area contributed by atoms with E-state index in [1.54, 1.807) is 0 Å². The van der Waals surface area contributed by atoms with Gasteiger partial charge in [0.15, 0.2) is 0 Å². The zero-order valence-corrected chi connectivity index (χ0v) is 36.7. The molecular weight excluding hydrogens is 685 g/mol. The third-order valence-corrected chi connectivity index (χ3v) is 10.8. The van der Waals surface area contributed by atoms with Crippen LogP contribution < -0.4 is 0 Å². The van der Waals surface area contributed by atoms with E-state index < -0.39 is 13.9 Å². The first kappa shape index (κ1) is 52.2. The summed E-state index contributed by atoms with van der Waals surface area (Å²) in [7, 11) is 1.66. The molecule has 8 nitrogen and oxygen atoms in total. The maximum absolute atomic E-state index is 12.7. The van der Waals surface area contributed by atoms with Gasteiger partial charge in [0, 0.05) is 13.0 Å². The Balaban J connectivity index is 4.23. The van der Waals surface area contributed by atoms with Crippen LogP contribution in [0.2, 0.25) is 0 Å². The Labute approximate surface area is 329 Å². The van der Waals surface area contributed by atoms with Crippen LogP contribution in [-0.4, -0.2) is 75.6 Å². The van der Waals surface area contributed by atoms with Gasteiger partial charge in [-0.1, -0.05) is 187 Å². The maximum Gasteiger partial charge on any atom is 0.472 e. The number of nitrogens with zero attached hydrogens (tertiary/aromatic N) is 1. The van der Waals surface area contributed by atoms with Gasteiger partial charge in [0.2, 0.25) is 0 Å². The minimum absolute atomic E-state index is 0.0863. The molecule has 0 amide bonds. The monoisotopic (exact) mass is 775 g/mol. The van der Waals surface area contributed by atoms with Crippen LogP contribution in [0.25, 0.3) is 0 Å². The zero-order chi connectivity index (χ0) is 39.1. The summed E-state index contributed by atoms with van der Waals surface area (Å²) in [6.45, 7) is 5.62. The molecule has 0 spiro atoms. The molecule has 0 aromatic rings. The van der Waals surface area contributed by atoms with Crippen molar-refractivity contribution >= 4 is 13.8 Å². The summed E-state index contributed by atoms with van der Waals surface area (Å²) in [5, 5.41) is 0. The lowest BCUT2D eigenvalue weighted by molar-refractivity contribution is -0.870. The summed E-state index contributed by atoms with van der Waals surface area (Å²) in [4.78, 5) is 22.8. The van der Waals surface area contributed by atoms with Gasteiger partial charge < -0.3 is 18.9 Å². The first-order chi connectivity index (χ1) is 25.6. The summed E-state index contributed by atoms with van der Waals surface area (Å²) in [6, 6.07) is 0. The summed E-state index contributed by atoms with van der Waals surface area (Å²) in [5.41, 5.74) is 0. The highest BCUT2D eigenvalue weighted by Gasteiger charge is 2.26. The highest BCUT2D eigenvalue weighted by Crippen LogP contribution is 2.43. The molecule has 2 unspecified atom stereocenters. The molecule has 0 aromatic carbocycles. The number of allylic oxidation sites excluding steroid dienone is 2. The number of quaternary nitrogens is 1. The lowest BCUT2D eigenvalue weighted by Crippen LogP contribution is -2.37. The van der Waals surface area contributed by atoms with E-state index in [2.05, 4.69) is 26.0 Å². The van der Waals surface area contributed by atoms with Gasteiger partial charge in [-0.3, -0.25) is 13.8 Å². The van der Waals surface area contributed by atoms with E-state index >= 15 is 0 Å². The fourth-order valence-corrected chi connectivity index (χ4v) is 7.08. The van der Waals surface area contributed by atoms with Gasteiger partial charge in [0.1, 0.15) is 19.3 Å². The molecule has 1 N–H and O–H groups in total. The van der Waals surface area contributed by atoms with Gasteiger partial charge in [-0.25, -0.2) is 4.57 Å². The summed E-state index contributed by atoms with van der Waals surface area (Å²) >= 11 is 0. The van der Waals surface area contributed by atoms with Crippen molar-refractivity contribution in [3.63, 3.8) is 0 Å². The average molecular weight is 775 g/mol. The molecule has 0 heterocycles. The molecular formula is C44H89NO7P+. The molecule has 53 heavy (non-hydrogen) atoms. The quantitative estimate of drug-likeness (QED) is 0.0217. The first-order valence-electron chi connectivity index (χ1n) is 22.4. The van der Waals surface area contributed by atoms with E-state index in [0.29, 0.717) is 24.1 Å². The summed E-state index contributed by atoms with van der Waals surface area (Å²) < 4.78 is 34.9. The van der Waals surface area contributed by atoms with Gasteiger partial charge >= 0.3 is 13.8 Å². The molecule has 0 fully saturated rings. The topological polar surface area (TPSA) is 91.3 Å². The van der Waals surface area contributed by atoms with Gasteiger partial charge in [0.25, 0.3) is 0 Å². The minimum Gasteiger partial charge on any atom is -0.457 e. The van der Waals surface area contributed by atoms with Crippen LogP contribution in [0.3, 0.4) is 0 Å². The van der Waals surface area contributed by atoms with Crippen LogP contribution in [0.1, 0.15) is 206 Å². The van der Waals surface area contributed by atoms with Crippen molar-refractivity contribution in [1.29, 1.82) is 0 Å². The van der Waals surface area contributed by atoms with Crippen molar-refractivity contribution < 1.29 is 37.3 Å². The van der Waals surface area contributed by atoms with Crippen LogP contribution in [-0.2, 0) is 27.9 Å². The molecule has 316 valence electrons. The fourth-order valence-electron chi connectivity index (χ4n) is 6.34. The normalized spacial score (nSPS) is 13.8. The molecule has 0 aromatic heterocycles. The summed E-state index contributed by atoms with van der Waals surface area (Å²) in [6.07, 6.45) is 41.1. The lowest BCUT2D eigenvalue weighted by atomic mass is 10.0. The van der Waals surface area contributed by atoms with Crippen LogP contribution in [0.5, 0.6) is 0 Å². The number of ether oxygens (including phenoxy) is 2. The lowest BCUT2D eigenvalue weighted by Gasteiger charge is -2.24. The third-order valence-electron chi connectivity index (χ3n) is 9.84. The Bertz CT molecular complexity index is 863. The van der Waals surface area contributed by atoms with Crippen LogP contribution in [0.4, 0.5) is 0 Å². The Kier molecular flexibility index (Phi) is 37.6. The third kappa shape index (κ3) is 42.2. The second-order valence-corrected chi connectivity index (χ2v) is 17.9. The Morgan fingerprint density at radius 2 is 0.981 bits per heavy atom. The van der Waals surface area contributed by atoms with Crippen molar-refractivity contribution in [1.82, 2.24) is 0 Å². The molecule has 0 aliphatic heterocycles. The number of unbranched alkanes of at least 4 members (excludes halogenated alkanes) is 26. The van der Waals surface area contributed by atoms with Crippen molar-refractivity contribution in [2.75, 3.05) is 54.1 Å².